The lowest BCUT2D eigenvalue weighted by Crippen LogP contribution is -2.28. The minimum absolute atomic E-state index is 0.0208. The van der Waals surface area contributed by atoms with E-state index in [4.69, 9.17) is 11.6 Å². The average Bonchev–Trinajstić information content (AvgIpc) is 3.25. The number of nitrogens with one attached hydrogen (secondary N) is 1. The number of hydrogen-bond donors (Lipinski definition) is 1. The number of fused-ring (bicyclic) bond motifs is 1. The molecule has 1 N–H and O–H groups in total. The maximum Gasteiger partial charge on any atom is 0.264 e. The van der Waals surface area contributed by atoms with Gasteiger partial charge in [-0.2, -0.15) is 5.10 Å². The summed E-state index contributed by atoms with van der Waals surface area (Å²) in [6.07, 6.45) is 4.65. The number of carbonyl (C=O) groups is 1. The van der Waals surface area contributed by atoms with Gasteiger partial charge < -0.3 is 4.57 Å². The molecule has 158 valence electrons. The third-order valence-electron chi connectivity index (χ3n) is 4.81. The van der Waals surface area contributed by atoms with Gasteiger partial charge in [-0.05, 0) is 49.4 Å². The summed E-state index contributed by atoms with van der Waals surface area (Å²) in [5, 5.41) is 6.07. The average molecular weight is 455 g/mol. The van der Waals surface area contributed by atoms with E-state index < -0.39 is 15.9 Å². The Hall–Kier alpha value is -3.36. The summed E-state index contributed by atoms with van der Waals surface area (Å²) in [6.45, 7) is 1.82. The van der Waals surface area contributed by atoms with Crippen molar-refractivity contribution in [1.29, 1.82) is 0 Å². The SMILES string of the molecule is Cc1nn(C)c(-n2ccc3cc(Cl)ccc32)c1C=CC(=O)NS(=O)(=O)c1ccccc1. The minimum Gasteiger partial charge on any atom is -0.301 e. The molecule has 2 heterocycles. The monoisotopic (exact) mass is 454 g/mol. The zero-order chi connectivity index (χ0) is 22.2. The molecule has 0 spiro atoms. The highest BCUT2D eigenvalue weighted by Crippen LogP contribution is 2.27. The number of carbonyl (C=O) groups excluding carboxylic acids is 1. The van der Waals surface area contributed by atoms with Gasteiger partial charge in [0.05, 0.1) is 16.1 Å². The molecule has 0 saturated carbocycles. The van der Waals surface area contributed by atoms with Crippen LogP contribution in [-0.2, 0) is 21.9 Å². The van der Waals surface area contributed by atoms with Crippen LogP contribution in [0.3, 0.4) is 0 Å². The van der Waals surface area contributed by atoms with Crippen LogP contribution in [0.5, 0.6) is 0 Å². The van der Waals surface area contributed by atoms with Crippen molar-refractivity contribution in [3.63, 3.8) is 0 Å². The Bertz CT molecular complexity index is 1420. The van der Waals surface area contributed by atoms with E-state index in [2.05, 4.69) is 9.82 Å². The molecule has 7 nitrogen and oxygen atoms in total. The van der Waals surface area contributed by atoms with E-state index in [0.717, 1.165) is 16.7 Å². The van der Waals surface area contributed by atoms with Crippen molar-refractivity contribution < 1.29 is 13.2 Å². The van der Waals surface area contributed by atoms with Crippen LogP contribution in [0.1, 0.15) is 11.3 Å². The Morgan fingerprint density at radius 2 is 1.87 bits per heavy atom. The second-order valence-electron chi connectivity index (χ2n) is 6.95. The molecular formula is C22H19ClN4O3S. The Morgan fingerprint density at radius 3 is 2.61 bits per heavy atom. The van der Waals surface area contributed by atoms with Crippen molar-refractivity contribution in [3.05, 3.63) is 83.2 Å². The minimum atomic E-state index is -3.94. The van der Waals surface area contributed by atoms with Crippen LogP contribution in [0.2, 0.25) is 5.02 Å². The second-order valence-corrected chi connectivity index (χ2v) is 9.07. The van der Waals surface area contributed by atoms with Gasteiger partial charge in [-0.3, -0.25) is 9.48 Å². The number of benzene rings is 2. The number of halogens is 1. The van der Waals surface area contributed by atoms with E-state index in [9.17, 15) is 13.2 Å². The molecule has 9 heteroatoms. The molecular weight excluding hydrogens is 436 g/mol. The van der Waals surface area contributed by atoms with Crippen LogP contribution < -0.4 is 4.72 Å². The maximum atomic E-state index is 12.4. The summed E-state index contributed by atoms with van der Waals surface area (Å²) < 4.78 is 30.4. The molecule has 0 bridgehead atoms. The topological polar surface area (TPSA) is 86.0 Å². The first kappa shape index (κ1) is 20.9. The Morgan fingerprint density at radius 1 is 1.13 bits per heavy atom. The zero-order valence-corrected chi connectivity index (χ0v) is 18.4. The zero-order valence-electron chi connectivity index (χ0n) is 16.8. The quantitative estimate of drug-likeness (QED) is 0.464. The lowest BCUT2D eigenvalue weighted by molar-refractivity contribution is -0.114. The van der Waals surface area contributed by atoms with Crippen LogP contribution in [0.25, 0.3) is 22.8 Å². The molecule has 2 aromatic heterocycles. The number of hydrogen-bond acceptors (Lipinski definition) is 4. The normalized spacial score (nSPS) is 12.0. The molecule has 0 aliphatic heterocycles. The molecule has 0 saturated heterocycles. The number of aryl methyl sites for hydroxylation is 2. The lowest BCUT2D eigenvalue weighted by Gasteiger charge is -2.08. The van der Waals surface area contributed by atoms with E-state index >= 15 is 0 Å². The van der Waals surface area contributed by atoms with E-state index in [-0.39, 0.29) is 4.90 Å². The molecule has 4 rings (SSSR count). The van der Waals surface area contributed by atoms with Gasteiger partial charge in [0.15, 0.2) is 0 Å². The van der Waals surface area contributed by atoms with Crippen LogP contribution in [-0.4, -0.2) is 28.7 Å². The fraction of sp³-hybridized carbons (Fsp3) is 0.0909. The number of nitrogens with zero attached hydrogens (tertiary/aromatic N) is 3. The van der Waals surface area contributed by atoms with Gasteiger partial charge >= 0.3 is 0 Å². The molecule has 2 aromatic carbocycles. The van der Waals surface area contributed by atoms with Gasteiger partial charge in [0.2, 0.25) is 0 Å². The summed E-state index contributed by atoms with van der Waals surface area (Å²) in [5.41, 5.74) is 2.32. The van der Waals surface area contributed by atoms with Gasteiger partial charge in [0.1, 0.15) is 5.82 Å². The second kappa shape index (κ2) is 8.05. The number of rotatable bonds is 5. The number of sulfonamides is 1. The third kappa shape index (κ3) is 4.12. The van der Waals surface area contributed by atoms with Crippen molar-refractivity contribution in [3.8, 4) is 5.82 Å². The van der Waals surface area contributed by atoms with Crippen molar-refractivity contribution in [2.45, 2.75) is 11.8 Å². The van der Waals surface area contributed by atoms with Gasteiger partial charge in [0.25, 0.3) is 15.9 Å². The van der Waals surface area contributed by atoms with Gasteiger partial charge in [-0.25, -0.2) is 13.1 Å². The standard InChI is InChI=1S/C22H19ClN4O3S/c1-15-19(9-11-21(28)25-31(29,30)18-6-4-3-5-7-18)22(26(2)24-15)27-13-12-16-14-17(23)8-10-20(16)27/h3-14H,1-2H3,(H,25,28). The summed E-state index contributed by atoms with van der Waals surface area (Å²) in [6, 6.07) is 15.3. The van der Waals surface area contributed by atoms with Crippen molar-refractivity contribution >= 4 is 44.5 Å². The molecule has 4 aromatic rings. The third-order valence-corrected chi connectivity index (χ3v) is 6.41. The molecule has 0 radical (unpaired) electrons. The first-order chi connectivity index (χ1) is 14.8. The van der Waals surface area contributed by atoms with Gasteiger partial charge in [-0.15, -0.1) is 0 Å². The summed E-state index contributed by atoms with van der Waals surface area (Å²) in [7, 11) is -2.14. The van der Waals surface area contributed by atoms with Gasteiger partial charge in [0, 0.05) is 35.3 Å². The Balaban J connectivity index is 1.67. The highest BCUT2D eigenvalue weighted by molar-refractivity contribution is 7.90. The van der Waals surface area contributed by atoms with Crippen LogP contribution in [0.4, 0.5) is 0 Å². The largest absolute Gasteiger partial charge is 0.301 e. The molecule has 0 fully saturated rings. The van der Waals surface area contributed by atoms with E-state index in [1.54, 1.807) is 42.1 Å². The van der Waals surface area contributed by atoms with Crippen LogP contribution >= 0.6 is 11.6 Å². The first-order valence-corrected chi connectivity index (χ1v) is 11.2. The smallest absolute Gasteiger partial charge is 0.264 e. The summed E-state index contributed by atoms with van der Waals surface area (Å²) >= 11 is 6.09. The Kier molecular flexibility index (Phi) is 5.43. The van der Waals surface area contributed by atoms with Crippen LogP contribution in [0.15, 0.2) is 71.8 Å². The van der Waals surface area contributed by atoms with Gasteiger partial charge in [-0.1, -0.05) is 29.8 Å². The van der Waals surface area contributed by atoms with Crippen LogP contribution in [0, 0.1) is 6.92 Å². The first-order valence-electron chi connectivity index (χ1n) is 9.37. The van der Waals surface area contributed by atoms with E-state index in [1.165, 1.54) is 18.2 Å². The fourth-order valence-electron chi connectivity index (χ4n) is 3.43. The number of amides is 1. The molecule has 1 amide bonds. The highest BCUT2D eigenvalue weighted by Gasteiger charge is 2.18. The van der Waals surface area contributed by atoms with E-state index in [1.807, 2.05) is 35.9 Å². The summed E-state index contributed by atoms with van der Waals surface area (Å²) in [4.78, 5) is 12.4. The fourth-order valence-corrected chi connectivity index (χ4v) is 4.57. The van der Waals surface area contributed by atoms with Crippen molar-refractivity contribution in [2.75, 3.05) is 0 Å². The van der Waals surface area contributed by atoms with Crippen molar-refractivity contribution in [2.24, 2.45) is 7.05 Å². The molecule has 0 unspecified atom stereocenters. The van der Waals surface area contributed by atoms with E-state index in [0.29, 0.717) is 16.3 Å². The number of aromatic nitrogens is 3. The van der Waals surface area contributed by atoms with Crippen molar-refractivity contribution in [1.82, 2.24) is 19.1 Å². The molecule has 31 heavy (non-hydrogen) atoms. The molecule has 0 atom stereocenters. The molecule has 0 aliphatic rings. The predicted molar refractivity (Wildman–Crippen MR) is 121 cm³/mol. The Labute approximate surface area is 184 Å². The predicted octanol–water partition coefficient (Wildman–Crippen LogP) is 3.84. The lowest BCUT2D eigenvalue weighted by atomic mass is 10.2. The molecule has 0 aliphatic carbocycles. The summed E-state index contributed by atoms with van der Waals surface area (Å²) in [5.74, 6) is -0.00742. The highest BCUT2D eigenvalue weighted by atomic mass is 35.5. The maximum absolute atomic E-state index is 12.4.